The van der Waals surface area contributed by atoms with Gasteiger partial charge in [0, 0.05) is 0 Å². The van der Waals surface area contributed by atoms with Crippen molar-refractivity contribution >= 4 is 0 Å². The van der Waals surface area contributed by atoms with Gasteiger partial charge in [0.25, 0.3) is 0 Å². The summed E-state index contributed by atoms with van der Waals surface area (Å²) >= 11 is 0. The van der Waals surface area contributed by atoms with Crippen LogP contribution in [0.4, 0.5) is 8.78 Å². The zero-order chi connectivity index (χ0) is 21.9. The van der Waals surface area contributed by atoms with Crippen LogP contribution in [0.3, 0.4) is 0 Å². The van der Waals surface area contributed by atoms with Crippen molar-refractivity contribution in [3.63, 3.8) is 0 Å². The van der Waals surface area contributed by atoms with Crippen LogP contribution in [0, 0.1) is 41.2 Å². The summed E-state index contributed by atoms with van der Waals surface area (Å²) in [5, 5.41) is 0. The molecular formula is C28H38F2O2. The van der Waals surface area contributed by atoms with E-state index in [2.05, 4.69) is 6.08 Å². The summed E-state index contributed by atoms with van der Waals surface area (Å²) in [5.74, 6) is 2.28. The van der Waals surface area contributed by atoms with E-state index in [9.17, 15) is 8.78 Å². The Morgan fingerprint density at radius 3 is 1.88 bits per heavy atom. The minimum Gasteiger partial charge on any atom is -0.490 e. The molecule has 3 saturated carbocycles. The van der Waals surface area contributed by atoms with Crippen molar-refractivity contribution in [2.24, 2.45) is 29.6 Å². The highest BCUT2D eigenvalue weighted by atomic mass is 19.2. The van der Waals surface area contributed by atoms with Crippen LogP contribution in [-0.4, -0.2) is 13.2 Å². The highest BCUT2D eigenvalue weighted by Crippen LogP contribution is 2.45. The van der Waals surface area contributed by atoms with Crippen LogP contribution in [0.5, 0.6) is 11.5 Å². The monoisotopic (exact) mass is 444 g/mol. The SMILES string of the molecule is Fc1c(OCC2=CCC(C3CCC(C4CCCC4)CC3)CC2)ccc(OCC2CC2)c1F. The van der Waals surface area contributed by atoms with Crippen LogP contribution in [0.1, 0.15) is 83.5 Å². The molecule has 5 rings (SSSR count). The van der Waals surface area contributed by atoms with E-state index in [0.717, 1.165) is 49.4 Å². The molecule has 0 aromatic heterocycles. The summed E-state index contributed by atoms with van der Waals surface area (Å²) < 4.78 is 39.8. The molecule has 2 nitrogen and oxygen atoms in total. The number of ether oxygens (including phenoxy) is 2. The molecule has 4 aliphatic rings. The van der Waals surface area contributed by atoms with Gasteiger partial charge in [-0.3, -0.25) is 0 Å². The lowest BCUT2D eigenvalue weighted by Gasteiger charge is -2.37. The summed E-state index contributed by atoms with van der Waals surface area (Å²) in [5.41, 5.74) is 1.22. The second-order valence-corrected chi connectivity index (χ2v) is 10.8. The first-order chi connectivity index (χ1) is 15.7. The molecule has 0 radical (unpaired) electrons. The Kier molecular flexibility index (Phi) is 7.04. The van der Waals surface area contributed by atoms with E-state index in [1.807, 2.05) is 0 Å². The highest BCUT2D eigenvalue weighted by molar-refractivity contribution is 5.35. The fraction of sp³-hybridized carbons (Fsp3) is 0.714. The van der Waals surface area contributed by atoms with Gasteiger partial charge in [-0.05, 0) is 105 Å². The van der Waals surface area contributed by atoms with Crippen molar-refractivity contribution < 1.29 is 18.3 Å². The maximum atomic E-state index is 14.4. The van der Waals surface area contributed by atoms with E-state index in [1.165, 1.54) is 75.5 Å². The number of hydrogen-bond donors (Lipinski definition) is 0. The normalized spacial score (nSPS) is 29.1. The van der Waals surface area contributed by atoms with Crippen molar-refractivity contribution in [3.05, 3.63) is 35.4 Å². The second-order valence-electron chi connectivity index (χ2n) is 10.8. The summed E-state index contributed by atoms with van der Waals surface area (Å²) in [6.45, 7) is 0.812. The molecule has 0 saturated heterocycles. The second kappa shape index (κ2) is 10.1. The number of allylic oxidation sites excluding steroid dienone is 1. The smallest absolute Gasteiger partial charge is 0.204 e. The predicted octanol–water partition coefficient (Wildman–Crippen LogP) is 7.86. The van der Waals surface area contributed by atoms with Gasteiger partial charge in [-0.25, -0.2) is 0 Å². The van der Waals surface area contributed by atoms with E-state index >= 15 is 0 Å². The molecule has 0 heterocycles. The largest absolute Gasteiger partial charge is 0.490 e. The molecule has 0 bridgehead atoms. The third kappa shape index (κ3) is 5.31. The van der Waals surface area contributed by atoms with Gasteiger partial charge in [-0.15, -0.1) is 0 Å². The molecule has 4 aliphatic carbocycles. The molecule has 3 fully saturated rings. The molecule has 1 atom stereocenters. The zero-order valence-corrected chi connectivity index (χ0v) is 19.3. The lowest BCUT2D eigenvalue weighted by Crippen LogP contribution is -2.26. The molecule has 176 valence electrons. The van der Waals surface area contributed by atoms with Crippen molar-refractivity contribution in [2.45, 2.75) is 83.5 Å². The Bertz CT molecular complexity index is 802. The average molecular weight is 445 g/mol. The fourth-order valence-corrected chi connectivity index (χ4v) is 6.38. The van der Waals surface area contributed by atoms with E-state index in [1.54, 1.807) is 0 Å². The van der Waals surface area contributed by atoms with E-state index in [-0.39, 0.29) is 11.5 Å². The number of benzene rings is 1. The zero-order valence-electron chi connectivity index (χ0n) is 19.3. The van der Waals surface area contributed by atoms with E-state index in [4.69, 9.17) is 9.47 Å². The summed E-state index contributed by atoms with van der Waals surface area (Å²) in [6.07, 6.45) is 19.4. The first-order valence-corrected chi connectivity index (χ1v) is 13.1. The maximum Gasteiger partial charge on any atom is 0.204 e. The Morgan fingerprint density at radius 1 is 0.688 bits per heavy atom. The third-order valence-corrected chi connectivity index (χ3v) is 8.69. The first kappa shape index (κ1) is 22.2. The molecule has 4 heteroatoms. The van der Waals surface area contributed by atoms with Gasteiger partial charge in [0.1, 0.15) is 6.61 Å². The highest BCUT2D eigenvalue weighted by Gasteiger charge is 2.33. The number of hydrogen-bond acceptors (Lipinski definition) is 2. The number of rotatable bonds is 8. The summed E-state index contributed by atoms with van der Waals surface area (Å²) in [4.78, 5) is 0. The quantitative estimate of drug-likeness (QED) is 0.380. The molecule has 1 aromatic carbocycles. The minimum atomic E-state index is -0.938. The van der Waals surface area contributed by atoms with E-state index in [0.29, 0.717) is 19.1 Å². The van der Waals surface area contributed by atoms with Crippen LogP contribution in [0.15, 0.2) is 23.8 Å². The lowest BCUT2D eigenvalue weighted by molar-refractivity contribution is 0.155. The average Bonchev–Trinajstić information content (AvgIpc) is 3.50. The van der Waals surface area contributed by atoms with Crippen LogP contribution >= 0.6 is 0 Å². The fourth-order valence-electron chi connectivity index (χ4n) is 6.38. The summed E-state index contributed by atoms with van der Waals surface area (Å²) in [6, 6.07) is 2.99. The van der Waals surface area contributed by atoms with Gasteiger partial charge in [-0.1, -0.05) is 31.8 Å². The lowest BCUT2D eigenvalue weighted by atomic mass is 9.69. The minimum absolute atomic E-state index is 0.0101. The molecular weight excluding hydrogens is 406 g/mol. The van der Waals surface area contributed by atoms with Crippen molar-refractivity contribution in [1.29, 1.82) is 0 Å². The molecule has 1 unspecified atom stereocenters. The van der Waals surface area contributed by atoms with Crippen molar-refractivity contribution in [1.82, 2.24) is 0 Å². The van der Waals surface area contributed by atoms with Gasteiger partial charge in [0.2, 0.25) is 11.6 Å². The van der Waals surface area contributed by atoms with E-state index < -0.39 is 11.6 Å². The van der Waals surface area contributed by atoms with Crippen LogP contribution < -0.4 is 9.47 Å². The molecule has 1 aromatic rings. The van der Waals surface area contributed by atoms with Gasteiger partial charge in [-0.2, -0.15) is 8.78 Å². The van der Waals surface area contributed by atoms with Crippen molar-refractivity contribution in [2.75, 3.05) is 13.2 Å². The molecule has 32 heavy (non-hydrogen) atoms. The van der Waals surface area contributed by atoms with Crippen LogP contribution in [-0.2, 0) is 0 Å². The Balaban J connectivity index is 1.08. The predicted molar refractivity (Wildman–Crippen MR) is 123 cm³/mol. The third-order valence-electron chi connectivity index (χ3n) is 8.69. The van der Waals surface area contributed by atoms with Crippen LogP contribution in [0.25, 0.3) is 0 Å². The Labute approximate surface area is 191 Å². The Morgan fingerprint density at radius 2 is 1.28 bits per heavy atom. The summed E-state index contributed by atoms with van der Waals surface area (Å²) in [7, 11) is 0. The number of halogens is 2. The molecule has 0 N–H and O–H groups in total. The Hall–Kier alpha value is -1.58. The molecule has 0 spiro atoms. The maximum absolute atomic E-state index is 14.4. The van der Waals surface area contributed by atoms with Gasteiger partial charge in [0.05, 0.1) is 6.61 Å². The van der Waals surface area contributed by atoms with Gasteiger partial charge >= 0.3 is 0 Å². The molecule has 0 amide bonds. The first-order valence-electron chi connectivity index (χ1n) is 13.1. The van der Waals surface area contributed by atoms with Crippen LogP contribution in [0.2, 0.25) is 0 Å². The van der Waals surface area contributed by atoms with Gasteiger partial charge in [0.15, 0.2) is 11.5 Å². The molecule has 0 aliphatic heterocycles. The van der Waals surface area contributed by atoms with Gasteiger partial charge < -0.3 is 9.47 Å². The van der Waals surface area contributed by atoms with Crippen molar-refractivity contribution in [3.8, 4) is 11.5 Å². The topological polar surface area (TPSA) is 18.5 Å². The standard InChI is InChI=1S/C28H38F2O2/c29-27-25(31-17-19-5-6-19)15-16-26(28(27)30)32-18-20-7-9-22(10-8-20)24-13-11-23(12-14-24)21-3-1-2-4-21/h7,15-16,19,21-24H,1-6,8-14,17-18H2.